The number of hydrogen-bond donors (Lipinski definition) is 2. The molecule has 1 aliphatic heterocycles. The molecule has 1 saturated heterocycles. The van der Waals surface area contributed by atoms with Crippen molar-refractivity contribution in [1.29, 1.82) is 0 Å². The van der Waals surface area contributed by atoms with Gasteiger partial charge in [0.15, 0.2) is 0 Å². The van der Waals surface area contributed by atoms with Crippen LogP contribution < -0.4 is 5.32 Å². The highest BCUT2D eigenvalue weighted by molar-refractivity contribution is 5.86. The van der Waals surface area contributed by atoms with E-state index < -0.39 is 5.97 Å². The number of aromatic carboxylic acids is 1. The van der Waals surface area contributed by atoms with Crippen LogP contribution in [0.15, 0.2) is 24.4 Å². The molecular formula is C13H15N3O2. The maximum Gasteiger partial charge on any atom is 0.352 e. The second kappa shape index (κ2) is 4.42. The van der Waals surface area contributed by atoms with Crippen LogP contribution >= 0.6 is 0 Å². The van der Waals surface area contributed by atoms with Crippen molar-refractivity contribution in [2.24, 2.45) is 5.92 Å². The Hall–Kier alpha value is -1.88. The zero-order valence-corrected chi connectivity index (χ0v) is 9.97. The minimum atomic E-state index is -0.924. The number of rotatable bonds is 3. The van der Waals surface area contributed by atoms with Gasteiger partial charge in [-0.1, -0.05) is 6.07 Å². The van der Waals surface area contributed by atoms with E-state index in [4.69, 9.17) is 5.11 Å². The van der Waals surface area contributed by atoms with Crippen LogP contribution in [0.2, 0.25) is 0 Å². The summed E-state index contributed by atoms with van der Waals surface area (Å²) in [6.45, 7) is 2.10. The van der Waals surface area contributed by atoms with Crippen LogP contribution in [0.1, 0.15) is 22.6 Å². The van der Waals surface area contributed by atoms with Crippen LogP contribution in [0, 0.1) is 5.92 Å². The summed E-state index contributed by atoms with van der Waals surface area (Å²) in [6.07, 6.45) is 3.92. The van der Waals surface area contributed by atoms with E-state index in [9.17, 15) is 4.79 Å². The van der Waals surface area contributed by atoms with Crippen molar-refractivity contribution in [2.45, 2.75) is 12.8 Å². The van der Waals surface area contributed by atoms with E-state index in [1.165, 1.54) is 6.42 Å². The summed E-state index contributed by atoms with van der Waals surface area (Å²) in [5.41, 5.74) is 1.93. The molecule has 0 bridgehead atoms. The first-order valence-electron chi connectivity index (χ1n) is 6.15. The third-order valence-corrected chi connectivity index (χ3v) is 3.42. The number of carboxylic acid groups (broad SMARTS) is 1. The number of nitrogens with zero attached hydrogens (tertiary/aromatic N) is 2. The van der Waals surface area contributed by atoms with Gasteiger partial charge in [-0.05, 0) is 44.0 Å². The number of nitrogens with one attached hydrogen (secondary N) is 1. The largest absolute Gasteiger partial charge is 0.477 e. The highest BCUT2D eigenvalue weighted by Crippen LogP contribution is 2.16. The average molecular weight is 245 g/mol. The van der Waals surface area contributed by atoms with E-state index in [0.29, 0.717) is 11.6 Å². The lowest BCUT2D eigenvalue weighted by molar-refractivity contribution is 0.0689. The molecule has 2 N–H and O–H groups in total. The standard InChI is InChI=1S/C13H15N3O2/c17-13(18)11-2-1-3-12-15-10(8-16(11)12)6-9-4-5-14-7-9/h1-3,8-9,14H,4-7H2,(H,17,18). The second-order valence-corrected chi connectivity index (χ2v) is 4.74. The molecule has 94 valence electrons. The molecule has 2 aromatic rings. The lowest BCUT2D eigenvalue weighted by Gasteiger charge is -2.03. The van der Waals surface area contributed by atoms with E-state index >= 15 is 0 Å². The predicted molar refractivity (Wildman–Crippen MR) is 66.8 cm³/mol. The molecule has 1 atom stereocenters. The fraction of sp³-hybridized carbons (Fsp3) is 0.385. The zero-order chi connectivity index (χ0) is 12.5. The van der Waals surface area contributed by atoms with Crippen molar-refractivity contribution >= 4 is 11.6 Å². The Morgan fingerprint density at radius 1 is 1.56 bits per heavy atom. The Morgan fingerprint density at radius 2 is 2.44 bits per heavy atom. The number of fused-ring (bicyclic) bond motifs is 1. The highest BCUT2D eigenvalue weighted by atomic mass is 16.4. The molecule has 0 amide bonds. The van der Waals surface area contributed by atoms with Crippen molar-refractivity contribution in [2.75, 3.05) is 13.1 Å². The van der Waals surface area contributed by atoms with Gasteiger partial charge in [-0.3, -0.25) is 4.40 Å². The summed E-state index contributed by atoms with van der Waals surface area (Å²) >= 11 is 0. The smallest absolute Gasteiger partial charge is 0.352 e. The number of carbonyl (C=O) groups is 1. The van der Waals surface area contributed by atoms with Crippen LogP contribution in [0.5, 0.6) is 0 Å². The van der Waals surface area contributed by atoms with Gasteiger partial charge in [0.2, 0.25) is 0 Å². The van der Waals surface area contributed by atoms with Gasteiger partial charge in [-0.2, -0.15) is 0 Å². The predicted octanol–water partition coefficient (Wildman–Crippen LogP) is 1.18. The van der Waals surface area contributed by atoms with Gasteiger partial charge >= 0.3 is 5.97 Å². The Bertz CT molecular complexity index is 585. The zero-order valence-electron chi connectivity index (χ0n) is 9.97. The van der Waals surface area contributed by atoms with Crippen LogP contribution in [0.4, 0.5) is 0 Å². The fourth-order valence-corrected chi connectivity index (χ4v) is 2.52. The van der Waals surface area contributed by atoms with Gasteiger partial charge in [-0.25, -0.2) is 9.78 Å². The number of pyridine rings is 1. The Kier molecular flexibility index (Phi) is 2.76. The minimum absolute atomic E-state index is 0.260. The molecule has 1 unspecified atom stereocenters. The maximum absolute atomic E-state index is 11.1. The molecule has 5 heteroatoms. The molecule has 0 aromatic carbocycles. The minimum Gasteiger partial charge on any atom is -0.477 e. The molecule has 3 rings (SSSR count). The number of aromatic nitrogens is 2. The second-order valence-electron chi connectivity index (χ2n) is 4.74. The summed E-state index contributed by atoms with van der Waals surface area (Å²) in [6, 6.07) is 5.16. The van der Waals surface area contributed by atoms with Crippen molar-refractivity contribution in [3.8, 4) is 0 Å². The Labute approximate surface area is 104 Å². The van der Waals surface area contributed by atoms with Gasteiger partial charge in [0.1, 0.15) is 11.3 Å². The molecule has 0 saturated carbocycles. The third-order valence-electron chi connectivity index (χ3n) is 3.42. The normalized spacial score (nSPS) is 19.4. The van der Waals surface area contributed by atoms with Crippen molar-refractivity contribution < 1.29 is 9.90 Å². The van der Waals surface area contributed by atoms with Gasteiger partial charge in [0.25, 0.3) is 0 Å². The lowest BCUT2D eigenvalue weighted by Crippen LogP contribution is -2.10. The van der Waals surface area contributed by atoms with E-state index in [1.807, 2.05) is 12.3 Å². The van der Waals surface area contributed by atoms with Gasteiger partial charge < -0.3 is 10.4 Å². The molecule has 0 spiro atoms. The first kappa shape index (κ1) is 11.2. The number of hydrogen-bond acceptors (Lipinski definition) is 3. The van der Waals surface area contributed by atoms with Crippen LogP contribution in [0.3, 0.4) is 0 Å². The lowest BCUT2D eigenvalue weighted by atomic mass is 10.0. The van der Waals surface area contributed by atoms with E-state index in [-0.39, 0.29) is 5.69 Å². The molecule has 0 aliphatic carbocycles. The maximum atomic E-state index is 11.1. The molecule has 18 heavy (non-hydrogen) atoms. The van der Waals surface area contributed by atoms with Gasteiger partial charge in [0.05, 0.1) is 5.69 Å². The van der Waals surface area contributed by atoms with Crippen molar-refractivity contribution in [3.63, 3.8) is 0 Å². The SMILES string of the molecule is O=C(O)c1cccc2nc(CC3CCNC3)cn12. The summed E-state index contributed by atoms with van der Waals surface area (Å²) in [7, 11) is 0. The van der Waals surface area contributed by atoms with E-state index in [1.54, 1.807) is 16.5 Å². The molecule has 1 aliphatic rings. The van der Waals surface area contributed by atoms with Crippen LogP contribution in [-0.4, -0.2) is 33.6 Å². The first-order chi connectivity index (χ1) is 8.74. The first-order valence-corrected chi connectivity index (χ1v) is 6.15. The summed E-state index contributed by atoms with van der Waals surface area (Å²) < 4.78 is 1.65. The highest BCUT2D eigenvalue weighted by Gasteiger charge is 2.17. The molecule has 5 nitrogen and oxygen atoms in total. The van der Waals surface area contributed by atoms with E-state index in [2.05, 4.69) is 10.3 Å². The summed E-state index contributed by atoms with van der Waals surface area (Å²) in [4.78, 5) is 15.6. The van der Waals surface area contributed by atoms with Gasteiger partial charge in [0, 0.05) is 6.20 Å². The topological polar surface area (TPSA) is 66.6 Å². The molecule has 3 heterocycles. The number of imidazole rings is 1. The van der Waals surface area contributed by atoms with Crippen molar-refractivity contribution in [3.05, 3.63) is 35.8 Å². The quantitative estimate of drug-likeness (QED) is 0.852. The Balaban J connectivity index is 1.94. The molecule has 0 radical (unpaired) electrons. The van der Waals surface area contributed by atoms with Crippen LogP contribution in [0.25, 0.3) is 5.65 Å². The number of carboxylic acids is 1. The molecular weight excluding hydrogens is 230 g/mol. The molecule has 1 fully saturated rings. The average Bonchev–Trinajstić information content (AvgIpc) is 2.96. The summed E-state index contributed by atoms with van der Waals surface area (Å²) in [5.74, 6) is -0.310. The van der Waals surface area contributed by atoms with Crippen molar-refractivity contribution in [1.82, 2.24) is 14.7 Å². The van der Waals surface area contributed by atoms with Gasteiger partial charge in [-0.15, -0.1) is 0 Å². The fourth-order valence-electron chi connectivity index (χ4n) is 2.52. The van der Waals surface area contributed by atoms with Crippen LogP contribution in [-0.2, 0) is 6.42 Å². The third kappa shape index (κ3) is 1.97. The monoisotopic (exact) mass is 245 g/mol. The molecule has 2 aromatic heterocycles. The van der Waals surface area contributed by atoms with E-state index in [0.717, 1.165) is 25.2 Å². The summed E-state index contributed by atoms with van der Waals surface area (Å²) in [5, 5.41) is 12.4. The Morgan fingerprint density at radius 3 is 3.17 bits per heavy atom.